The average molecular weight is 304 g/mol. The second-order valence-corrected chi connectivity index (χ2v) is 5.84. The number of nitrogens with zero attached hydrogens (tertiary/aromatic N) is 1. The molecule has 0 aliphatic heterocycles. The van der Waals surface area contributed by atoms with Gasteiger partial charge in [0, 0.05) is 12.6 Å². The summed E-state index contributed by atoms with van der Waals surface area (Å²) in [5, 5.41) is 6.82. The van der Waals surface area contributed by atoms with Crippen LogP contribution >= 0.6 is 11.5 Å². The predicted molar refractivity (Wildman–Crippen MR) is 87.8 cm³/mol. The molecule has 1 aromatic carbocycles. The van der Waals surface area contributed by atoms with Crippen molar-refractivity contribution in [1.29, 1.82) is 0 Å². The van der Waals surface area contributed by atoms with Gasteiger partial charge in [-0.2, -0.15) is 4.37 Å². The summed E-state index contributed by atoms with van der Waals surface area (Å²) in [5.74, 6) is 0.0961. The lowest BCUT2D eigenvalue weighted by Crippen LogP contribution is -2.31. The van der Waals surface area contributed by atoms with Crippen LogP contribution in [0.2, 0.25) is 0 Å². The van der Waals surface area contributed by atoms with Crippen molar-refractivity contribution in [2.24, 2.45) is 0 Å². The summed E-state index contributed by atoms with van der Waals surface area (Å²) in [6.45, 7) is 4.56. The molecule has 1 aromatic heterocycles. The van der Waals surface area contributed by atoms with E-state index in [1.54, 1.807) is 0 Å². The average Bonchev–Trinajstić information content (AvgIpc) is 2.80. The van der Waals surface area contributed by atoms with Gasteiger partial charge < -0.3 is 16.4 Å². The highest BCUT2D eigenvalue weighted by atomic mass is 32.1. The lowest BCUT2D eigenvalue weighted by atomic mass is 10.1. The summed E-state index contributed by atoms with van der Waals surface area (Å²) < 4.78 is 4.07. The van der Waals surface area contributed by atoms with Crippen molar-refractivity contribution in [2.45, 2.75) is 26.3 Å². The molecule has 6 heteroatoms. The van der Waals surface area contributed by atoms with Crippen LogP contribution in [0.5, 0.6) is 0 Å². The van der Waals surface area contributed by atoms with Crippen molar-refractivity contribution in [3.8, 4) is 0 Å². The van der Waals surface area contributed by atoms with Gasteiger partial charge in [0.15, 0.2) is 5.82 Å². The van der Waals surface area contributed by atoms with Gasteiger partial charge in [-0.05, 0) is 37.4 Å². The predicted octanol–water partition coefficient (Wildman–Crippen LogP) is 2.52. The van der Waals surface area contributed by atoms with Crippen LogP contribution in [0.15, 0.2) is 30.3 Å². The Kier molecular flexibility index (Phi) is 5.16. The van der Waals surface area contributed by atoms with Crippen molar-refractivity contribution >= 4 is 28.3 Å². The molecule has 21 heavy (non-hydrogen) atoms. The Hall–Kier alpha value is -2.08. The van der Waals surface area contributed by atoms with E-state index in [9.17, 15) is 4.79 Å². The molecule has 2 rings (SSSR count). The summed E-state index contributed by atoms with van der Waals surface area (Å²) >= 11 is 1.22. The molecule has 4 N–H and O–H groups in total. The van der Waals surface area contributed by atoms with Gasteiger partial charge in [0.05, 0.1) is 0 Å². The highest BCUT2D eigenvalue weighted by molar-refractivity contribution is 7.11. The first-order chi connectivity index (χ1) is 10.1. The van der Waals surface area contributed by atoms with E-state index in [1.807, 2.05) is 32.0 Å². The number of anilines is 2. The number of nitrogens with one attached hydrogen (secondary N) is 2. The number of carbonyl (C=O) groups excluding carboxylic acids is 1. The second kappa shape index (κ2) is 7.08. The molecule has 0 aliphatic rings. The van der Waals surface area contributed by atoms with E-state index in [-0.39, 0.29) is 17.8 Å². The Morgan fingerprint density at radius 1 is 1.33 bits per heavy atom. The summed E-state index contributed by atoms with van der Waals surface area (Å²) in [6.07, 6.45) is 0.879. The van der Waals surface area contributed by atoms with Crippen molar-refractivity contribution in [3.05, 3.63) is 41.5 Å². The molecule has 0 saturated heterocycles. The Bertz CT molecular complexity index is 595. The first kappa shape index (κ1) is 15.3. The summed E-state index contributed by atoms with van der Waals surface area (Å²) in [7, 11) is 0. The van der Waals surface area contributed by atoms with Gasteiger partial charge in [0.25, 0.3) is 5.91 Å². The third kappa shape index (κ3) is 4.19. The molecule has 0 unspecified atom stereocenters. The topological polar surface area (TPSA) is 80.0 Å². The fourth-order valence-electron chi connectivity index (χ4n) is 1.94. The molecule has 0 atom stereocenters. The fraction of sp³-hybridized carbons (Fsp3) is 0.333. The molecule has 0 aliphatic carbocycles. The number of hydrogen-bond acceptors (Lipinski definition) is 5. The van der Waals surface area contributed by atoms with Gasteiger partial charge in [-0.15, -0.1) is 0 Å². The van der Waals surface area contributed by atoms with E-state index in [2.05, 4.69) is 27.1 Å². The molecule has 1 heterocycles. The minimum Gasteiger partial charge on any atom is -0.382 e. The van der Waals surface area contributed by atoms with Crippen LogP contribution in [0.3, 0.4) is 0 Å². The van der Waals surface area contributed by atoms with Crippen LogP contribution in [0, 0.1) is 0 Å². The number of hydrogen-bond donors (Lipinski definition) is 3. The van der Waals surface area contributed by atoms with Gasteiger partial charge in [-0.1, -0.05) is 30.3 Å². The van der Waals surface area contributed by atoms with E-state index in [4.69, 9.17) is 5.73 Å². The van der Waals surface area contributed by atoms with Gasteiger partial charge in [-0.3, -0.25) is 4.79 Å². The zero-order chi connectivity index (χ0) is 15.2. The lowest BCUT2D eigenvalue weighted by molar-refractivity contribution is 0.0945. The number of carbonyl (C=O) groups is 1. The minimum absolute atomic E-state index is 0.0639. The Balaban J connectivity index is 1.99. The first-order valence-electron chi connectivity index (χ1n) is 6.91. The molecule has 0 radical (unpaired) electrons. The molecule has 0 saturated carbocycles. The van der Waals surface area contributed by atoms with Crippen LogP contribution < -0.4 is 16.4 Å². The van der Waals surface area contributed by atoms with Crippen LogP contribution in [0.25, 0.3) is 0 Å². The quantitative estimate of drug-likeness (QED) is 0.766. The fourth-order valence-corrected chi connectivity index (χ4v) is 2.68. The normalized spacial score (nSPS) is 10.6. The second-order valence-electron chi connectivity index (χ2n) is 5.06. The van der Waals surface area contributed by atoms with E-state index in [0.717, 1.165) is 18.0 Å². The molecule has 0 spiro atoms. The Labute approximate surface area is 128 Å². The minimum atomic E-state index is -0.182. The maximum absolute atomic E-state index is 12.1. The molecule has 0 fully saturated rings. The molecular formula is C15H20N4OS. The molecule has 112 valence electrons. The number of nitrogen functional groups attached to an aromatic ring is 1. The van der Waals surface area contributed by atoms with Gasteiger partial charge in [0.2, 0.25) is 0 Å². The van der Waals surface area contributed by atoms with Crippen molar-refractivity contribution in [1.82, 2.24) is 9.69 Å². The molecule has 0 bridgehead atoms. The molecular weight excluding hydrogens is 284 g/mol. The Morgan fingerprint density at radius 3 is 2.71 bits per heavy atom. The van der Waals surface area contributed by atoms with Crippen molar-refractivity contribution in [2.75, 3.05) is 17.6 Å². The Morgan fingerprint density at radius 2 is 2.05 bits per heavy atom. The molecule has 1 amide bonds. The SMILES string of the molecule is CC(C)NC(=O)c1c(N)nsc1NCCc1ccccc1. The number of nitrogens with two attached hydrogens (primary N) is 1. The van der Waals surface area contributed by atoms with E-state index in [0.29, 0.717) is 5.56 Å². The number of amides is 1. The van der Waals surface area contributed by atoms with Gasteiger partial charge in [-0.25, -0.2) is 0 Å². The maximum atomic E-state index is 12.1. The highest BCUT2D eigenvalue weighted by Crippen LogP contribution is 2.26. The maximum Gasteiger partial charge on any atom is 0.258 e. The summed E-state index contributed by atoms with van der Waals surface area (Å²) in [6, 6.07) is 10.2. The number of rotatable bonds is 6. The zero-order valence-corrected chi connectivity index (χ0v) is 13.0. The van der Waals surface area contributed by atoms with E-state index in [1.165, 1.54) is 17.1 Å². The highest BCUT2D eigenvalue weighted by Gasteiger charge is 2.19. The van der Waals surface area contributed by atoms with Gasteiger partial charge in [0.1, 0.15) is 10.6 Å². The largest absolute Gasteiger partial charge is 0.382 e. The monoisotopic (exact) mass is 304 g/mol. The van der Waals surface area contributed by atoms with E-state index >= 15 is 0 Å². The third-order valence-electron chi connectivity index (χ3n) is 2.91. The van der Waals surface area contributed by atoms with Crippen molar-refractivity contribution in [3.63, 3.8) is 0 Å². The van der Waals surface area contributed by atoms with Crippen molar-refractivity contribution < 1.29 is 4.79 Å². The first-order valence-corrected chi connectivity index (χ1v) is 7.69. The summed E-state index contributed by atoms with van der Waals surface area (Å²) in [5.41, 5.74) is 7.49. The van der Waals surface area contributed by atoms with E-state index < -0.39 is 0 Å². The smallest absolute Gasteiger partial charge is 0.258 e. The standard InChI is InChI=1S/C15H20N4OS/c1-10(2)18-14(20)12-13(16)19-21-15(12)17-9-8-11-6-4-3-5-7-11/h3-7,10,17H,8-9H2,1-2H3,(H2,16,19)(H,18,20). The van der Waals surface area contributed by atoms with Crippen LogP contribution in [-0.2, 0) is 6.42 Å². The lowest BCUT2D eigenvalue weighted by Gasteiger charge is -2.10. The molecule has 2 aromatic rings. The number of benzene rings is 1. The van der Waals surface area contributed by atoms with Gasteiger partial charge >= 0.3 is 0 Å². The summed E-state index contributed by atoms with van der Waals surface area (Å²) in [4.78, 5) is 12.1. The van der Waals surface area contributed by atoms with Crippen LogP contribution in [0.4, 0.5) is 10.8 Å². The molecule has 5 nitrogen and oxygen atoms in total. The van der Waals surface area contributed by atoms with Crippen LogP contribution in [0.1, 0.15) is 29.8 Å². The number of aromatic nitrogens is 1. The third-order valence-corrected chi connectivity index (χ3v) is 3.73. The van der Waals surface area contributed by atoms with Crippen LogP contribution in [-0.4, -0.2) is 22.9 Å². The zero-order valence-electron chi connectivity index (χ0n) is 12.2.